The number of amides is 1. The molecule has 1 aromatic rings. The number of nitrogens with one attached hydrogen (secondary N) is 4. The summed E-state index contributed by atoms with van der Waals surface area (Å²) in [6.45, 7) is 3.26. The zero-order chi connectivity index (χ0) is 12.6. The van der Waals surface area contributed by atoms with Crippen molar-refractivity contribution >= 4 is 5.91 Å². The second kappa shape index (κ2) is 7.13. The SMILES string of the molecule is O=C(NCCCCc1cnc[nH]1)C1CNCCN1. The van der Waals surface area contributed by atoms with E-state index in [1.807, 2.05) is 6.20 Å². The molecule has 1 atom stereocenters. The molecule has 0 saturated carbocycles. The molecule has 1 unspecified atom stereocenters. The second-order valence-electron chi connectivity index (χ2n) is 4.54. The summed E-state index contributed by atoms with van der Waals surface area (Å²) in [4.78, 5) is 18.8. The van der Waals surface area contributed by atoms with E-state index in [1.165, 1.54) is 0 Å². The Hall–Kier alpha value is -1.40. The Morgan fingerprint density at radius 2 is 2.39 bits per heavy atom. The summed E-state index contributed by atoms with van der Waals surface area (Å²) < 4.78 is 0. The molecular weight excluding hydrogens is 230 g/mol. The van der Waals surface area contributed by atoms with E-state index >= 15 is 0 Å². The van der Waals surface area contributed by atoms with Gasteiger partial charge in [0.15, 0.2) is 0 Å². The number of imidazole rings is 1. The third-order valence-electron chi connectivity index (χ3n) is 3.08. The van der Waals surface area contributed by atoms with Crippen LogP contribution in [0.25, 0.3) is 0 Å². The summed E-state index contributed by atoms with van der Waals surface area (Å²) in [7, 11) is 0. The molecule has 100 valence electrons. The van der Waals surface area contributed by atoms with Crippen LogP contribution < -0.4 is 16.0 Å². The van der Waals surface area contributed by atoms with Gasteiger partial charge in [-0.1, -0.05) is 0 Å². The summed E-state index contributed by atoms with van der Waals surface area (Å²) in [6, 6.07) is -0.0774. The number of H-pyrrole nitrogens is 1. The van der Waals surface area contributed by atoms with Crippen molar-refractivity contribution in [3.63, 3.8) is 0 Å². The highest BCUT2D eigenvalue weighted by Gasteiger charge is 2.19. The van der Waals surface area contributed by atoms with Gasteiger partial charge in [-0.15, -0.1) is 0 Å². The van der Waals surface area contributed by atoms with E-state index in [-0.39, 0.29) is 11.9 Å². The molecule has 0 radical (unpaired) electrons. The van der Waals surface area contributed by atoms with Gasteiger partial charge < -0.3 is 20.9 Å². The monoisotopic (exact) mass is 251 g/mol. The minimum Gasteiger partial charge on any atom is -0.355 e. The third-order valence-corrected chi connectivity index (χ3v) is 3.08. The van der Waals surface area contributed by atoms with Crippen molar-refractivity contribution in [2.45, 2.75) is 25.3 Å². The predicted octanol–water partition coefficient (Wildman–Crippen LogP) is -0.590. The van der Waals surface area contributed by atoms with Crippen LogP contribution in [0.3, 0.4) is 0 Å². The summed E-state index contributed by atoms with van der Waals surface area (Å²) >= 11 is 0. The van der Waals surface area contributed by atoms with E-state index in [1.54, 1.807) is 6.33 Å². The summed E-state index contributed by atoms with van der Waals surface area (Å²) in [6.07, 6.45) is 6.57. The molecule has 4 N–H and O–H groups in total. The number of aryl methyl sites for hydroxylation is 1. The Morgan fingerprint density at radius 1 is 1.44 bits per heavy atom. The zero-order valence-corrected chi connectivity index (χ0v) is 10.5. The number of nitrogens with zero attached hydrogens (tertiary/aromatic N) is 1. The molecule has 1 saturated heterocycles. The maximum Gasteiger partial charge on any atom is 0.238 e. The lowest BCUT2D eigenvalue weighted by molar-refractivity contribution is -0.123. The van der Waals surface area contributed by atoms with Gasteiger partial charge in [0.2, 0.25) is 5.91 Å². The number of aromatic amines is 1. The average Bonchev–Trinajstić information content (AvgIpc) is 2.92. The number of carbonyl (C=O) groups excluding carboxylic acids is 1. The van der Waals surface area contributed by atoms with Gasteiger partial charge in [-0.2, -0.15) is 0 Å². The first-order chi connectivity index (χ1) is 8.86. The Balaban J connectivity index is 1.53. The number of unbranched alkanes of at least 4 members (excludes halogenated alkanes) is 1. The Bertz CT molecular complexity index is 345. The largest absolute Gasteiger partial charge is 0.355 e. The summed E-state index contributed by atoms with van der Waals surface area (Å²) in [5.41, 5.74) is 1.15. The minimum atomic E-state index is -0.0774. The third kappa shape index (κ3) is 4.12. The maximum absolute atomic E-state index is 11.8. The number of aromatic nitrogens is 2. The molecular formula is C12H21N5O. The normalized spacial score (nSPS) is 19.7. The number of carbonyl (C=O) groups is 1. The molecule has 2 rings (SSSR count). The van der Waals surface area contributed by atoms with Crippen LogP contribution in [0.2, 0.25) is 0 Å². The van der Waals surface area contributed by atoms with E-state index in [0.717, 1.165) is 51.1 Å². The highest BCUT2D eigenvalue weighted by atomic mass is 16.2. The number of rotatable bonds is 6. The van der Waals surface area contributed by atoms with Gasteiger partial charge in [-0.05, 0) is 19.3 Å². The van der Waals surface area contributed by atoms with Gasteiger partial charge in [0.05, 0.1) is 12.4 Å². The van der Waals surface area contributed by atoms with E-state index in [4.69, 9.17) is 0 Å². The average molecular weight is 251 g/mol. The van der Waals surface area contributed by atoms with E-state index in [9.17, 15) is 4.79 Å². The lowest BCUT2D eigenvalue weighted by Crippen LogP contribution is -2.55. The van der Waals surface area contributed by atoms with Crippen molar-refractivity contribution in [3.8, 4) is 0 Å². The molecule has 6 heteroatoms. The lowest BCUT2D eigenvalue weighted by atomic mass is 10.2. The van der Waals surface area contributed by atoms with Crippen LogP contribution in [-0.4, -0.2) is 48.1 Å². The smallest absolute Gasteiger partial charge is 0.238 e. The second-order valence-corrected chi connectivity index (χ2v) is 4.54. The molecule has 2 heterocycles. The summed E-state index contributed by atoms with van der Waals surface area (Å²) in [5.74, 6) is 0.101. The van der Waals surface area contributed by atoms with Crippen LogP contribution in [0.4, 0.5) is 0 Å². The first-order valence-electron chi connectivity index (χ1n) is 6.55. The fourth-order valence-electron chi connectivity index (χ4n) is 2.04. The van der Waals surface area contributed by atoms with Crippen LogP contribution in [0.5, 0.6) is 0 Å². The molecule has 1 fully saturated rings. The topological polar surface area (TPSA) is 81.8 Å². The number of hydrogen-bond acceptors (Lipinski definition) is 4. The molecule has 1 aromatic heterocycles. The predicted molar refractivity (Wildman–Crippen MR) is 69.2 cm³/mol. The van der Waals surface area contributed by atoms with Crippen molar-refractivity contribution in [1.29, 1.82) is 0 Å². The van der Waals surface area contributed by atoms with Crippen molar-refractivity contribution in [1.82, 2.24) is 25.9 Å². The van der Waals surface area contributed by atoms with Gasteiger partial charge in [-0.25, -0.2) is 4.98 Å². The van der Waals surface area contributed by atoms with Gasteiger partial charge in [0, 0.05) is 38.1 Å². The van der Waals surface area contributed by atoms with Crippen LogP contribution in [0.1, 0.15) is 18.5 Å². The molecule has 1 aliphatic heterocycles. The van der Waals surface area contributed by atoms with Gasteiger partial charge in [-0.3, -0.25) is 4.79 Å². The molecule has 0 aromatic carbocycles. The molecule has 1 aliphatic rings. The van der Waals surface area contributed by atoms with Gasteiger partial charge in [0.1, 0.15) is 0 Å². The van der Waals surface area contributed by atoms with Crippen molar-refractivity contribution in [3.05, 3.63) is 18.2 Å². The van der Waals surface area contributed by atoms with E-state index < -0.39 is 0 Å². The van der Waals surface area contributed by atoms with Crippen molar-refractivity contribution in [2.75, 3.05) is 26.2 Å². The fourth-order valence-corrected chi connectivity index (χ4v) is 2.04. The molecule has 0 aliphatic carbocycles. The fraction of sp³-hybridized carbons (Fsp3) is 0.667. The maximum atomic E-state index is 11.8. The van der Waals surface area contributed by atoms with Crippen molar-refractivity contribution in [2.24, 2.45) is 0 Å². The summed E-state index contributed by atoms with van der Waals surface area (Å²) in [5, 5.41) is 9.36. The van der Waals surface area contributed by atoms with Crippen LogP contribution in [0.15, 0.2) is 12.5 Å². The highest BCUT2D eigenvalue weighted by molar-refractivity contribution is 5.82. The number of piperazine rings is 1. The Labute approximate surface area is 107 Å². The quantitative estimate of drug-likeness (QED) is 0.509. The molecule has 18 heavy (non-hydrogen) atoms. The first-order valence-corrected chi connectivity index (χ1v) is 6.55. The Kier molecular flexibility index (Phi) is 5.16. The minimum absolute atomic E-state index is 0.0774. The molecule has 1 amide bonds. The van der Waals surface area contributed by atoms with Crippen LogP contribution >= 0.6 is 0 Å². The van der Waals surface area contributed by atoms with E-state index in [0.29, 0.717) is 0 Å². The lowest BCUT2D eigenvalue weighted by Gasteiger charge is -2.23. The molecule has 0 bridgehead atoms. The molecule has 0 spiro atoms. The van der Waals surface area contributed by atoms with E-state index in [2.05, 4.69) is 25.9 Å². The van der Waals surface area contributed by atoms with Crippen molar-refractivity contribution < 1.29 is 4.79 Å². The Morgan fingerprint density at radius 3 is 3.11 bits per heavy atom. The standard InChI is InChI=1S/C12H21N5O/c18-12(11-8-13-5-6-15-11)16-4-2-1-3-10-7-14-9-17-10/h7,9,11,13,15H,1-6,8H2,(H,14,17)(H,16,18). The van der Waals surface area contributed by atoms with Gasteiger partial charge in [0.25, 0.3) is 0 Å². The first kappa shape index (κ1) is 13.0. The van der Waals surface area contributed by atoms with Crippen LogP contribution in [-0.2, 0) is 11.2 Å². The highest BCUT2D eigenvalue weighted by Crippen LogP contribution is 1.99. The zero-order valence-electron chi connectivity index (χ0n) is 10.5. The van der Waals surface area contributed by atoms with Gasteiger partial charge >= 0.3 is 0 Å². The van der Waals surface area contributed by atoms with Crippen LogP contribution in [0, 0.1) is 0 Å². The molecule has 6 nitrogen and oxygen atoms in total. The number of hydrogen-bond donors (Lipinski definition) is 4.